The third kappa shape index (κ3) is 2.23. The van der Waals surface area contributed by atoms with Crippen molar-refractivity contribution in [2.24, 2.45) is 17.8 Å². The summed E-state index contributed by atoms with van der Waals surface area (Å²) in [6.07, 6.45) is 5.02. The molecule has 0 aromatic heterocycles. The Morgan fingerprint density at radius 3 is 2.69 bits per heavy atom. The highest BCUT2D eigenvalue weighted by molar-refractivity contribution is 7.90. The monoisotopic (exact) mass is 242 g/mol. The number of hydrogen-bond donors (Lipinski definition) is 1. The van der Waals surface area contributed by atoms with E-state index in [0.717, 1.165) is 12.3 Å². The van der Waals surface area contributed by atoms with Crippen LogP contribution >= 0.6 is 0 Å². The van der Waals surface area contributed by atoms with Gasteiger partial charge in [0, 0.05) is 6.54 Å². The van der Waals surface area contributed by atoms with Crippen LogP contribution in [-0.4, -0.2) is 20.2 Å². The largest absolute Gasteiger partial charge is 0.227 e. The molecule has 4 atom stereocenters. The highest BCUT2D eigenvalue weighted by Gasteiger charge is 2.39. The molecular weight excluding hydrogens is 224 g/mol. The number of sulfonamides is 1. The van der Waals surface area contributed by atoms with Crippen LogP contribution in [0.4, 0.5) is 0 Å². The van der Waals surface area contributed by atoms with E-state index in [0.29, 0.717) is 18.4 Å². The zero-order valence-electron chi connectivity index (χ0n) is 9.52. The molecule has 2 fully saturated rings. The Morgan fingerprint density at radius 2 is 2.19 bits per heavy atom. The van der Waals surface area contributed by atoms with Crippen LogP contribution in [0.5, 0.6) is 0 Å². The fourth-order valence-corrected chi connectivity index (χ4v) is 3.88. The summed E-state index contributed by atoms with van der Waals surface area (Å²) >= 11 is 0. The van der Waals surface area contributed by atoms with E-state index in [1.165, 1.54) is 26.2 Å². The number of fused-ring (bicyclic) bond motifs is 2. The number of rotatable bonds is 4. The topological polar surface area (TPSA) is 70.0 Å². The summed E-state index contributed by atoms with van der Waals surface area (Å²) in [6.45, 7) is 1.94. The van der Waals surface area contributed by atoms with Gasteiger partial charge in [-0.2, -0.15) is 5.26 Å². The van der Waals surface area contributed by atoms with Crippen molar-refractivity contribution in [3.8, 4) is 6.07 Å². The maximum atomic E-state index is 11.6. The van der Waals surface area contributed by atoms with E-state index in [4.69, 9.17) is 5.26 Å². The molecule has 0 saturated heterocycles. The van der Waals surface area contributed by atoms with Crippen molar-refractivity contribution in [3.05, 3.63) is 0 Å². The van der Waals surface area contributed by atoms with Gasteiger partial charge in [-0.25, -0.2) is 13.1 Å². The molecule has 0 aromatic carbocycles. The molecule has 16 heavy (non-hydrogen) atoms. The zero-order valence-corrected chi connectivity index (χ0v) is 10.3. The molecular formula is C11H18N2O2S. The van der Waals surface area contributed by atoms with Gasteiger partial charge in [0.15, 0.2) is 5.25 Å². The normalized spacial score (nSPS) is 34.9. The molecule has 5 heteroatoms. The molecule has 2 saturated carbocycles. The molecule has 4 nitrogen and oxygen atoms in total. The van der Waals surface area contributed by atoms with Gasteiger partial charge in [0.05, 0.1) is 6.07 Å². The van der Waals surface area contributed by atoms with E-state index < -0.39 is 15.3 Å². The molecule has 2 rings (SSSR count). The summed E-state index contributed by atoms with van der Waals surface area (Å²) in [7, 11) is -3.43. The Labute approximate surface area is 97.1 Å². The Hall–Kier alpha value is -0.600. The SMILES string of the molecule is CC(C#N)S(=O)(=O)NCC1CC2CCC1C2. The van der Waals surface area contributed by atoms with Gasteiger partial charge in [-0.05, 0) is 43.9 Å². The summed E-state index contributed by atoms with van der Waals surface area (Å²) < 4.78 is 25.8. The standard InChI is InChI=1S/C11H18N2O2S/c1-8(6-12)16(14,15)13-7-11-5-9-2-3-10(11)4-9/h8-11,13H,2-5,7H2,1H3. The fourth-order valence-electron chi connectivity index (χ4n) is 3.04. The van der Waals surface area contributed by atoms with Crippen molar-refractivity contribution >= 4 is 10.0 Å². The second-order valence-corrected chi connectivity index (χ2v) is 7.19. The Morgan fingerprint density at radius 1 is 1.44 bits per heavy atom. The van der Waals surface area contributed by atoms with Crippen LogP contribution in [-0.2, 0) is 10.0 Å². The summed E-state index contributed by atoms with van der Waals surface area (Å²) in [4.78, 5) is 0. The molecule has 0 spiro atoms. The van der Waals surface area contributed by atoms with Crippen molar-refractivity contribution in [3.63, 3.8) is 0 Å². The lowest BCUT2D eigenvalue weighted by Gasteiger charge is -2.22. The summed E-state index contributed by atoms with van der Waals surface area (Å²) in [5.41, 5.74) is 0. The van der Waals surface area contributed by atoms with Gasteiger partial charge in [0.1, 0.15) is 0 Å². The molecule has 2 bridgehead atoms. The third-order valence-electron chi connectivity index (χ3n) is 4.08. The Kier molecular flexibility index (Phi) is 3.22. The number of nitriles is 1. The quantitative estimate of drug-likeness (QED) is 0.806. The van der Waals surface area contributed by atoms with Crippen LogP contribution in [0.25, 0.3) is 0 Å². The zero-order chi connectivity index (χ0) is 11.8. The van der Waals surface area contributed by atoms with Gasteiger partial charge in [-0.1, -0.05) is 6.42 Å². The highest BCUT2D eigenvalue weighted by Crippen LogP contribution is 2.47. The van der Waals surface area contributed by atoms with E-state index in [-0.39, 0.29) is 0 Å². The Bertz CT molecular complexity index is 399. The van der Waals surface area contributed by atoms with Gasteiger partial charge in [0.2, 0.25) is 10.0 Å². The average molecular weight is 242 g/mol. The highest BCUT2D eigenvalue weighted by atomic mass is 32.2. The first-order chi connectivity index (χ1) is 7.53. The summed E-state index contributed by atoms with van der Waals surface area (Å²) in [5.74, 6) is 2.04. The van der Waals surface area contributed by atoms with Gasteiger partial charge >= 0.3 is 0 Å². The number of nitrogens with one attached hydrogen (secondary N) is 1. The smallest absolute Gasteiger partial charge is 0.214 e. The lowest BCUT2D eigenvalue weighted by molar-refractivity contribution is 0.332. The van der Waals surface area contributed by atoms with Crippen LogP contribution in [0.2, 0.25) is 0 Å². The second-order valence-electron chi connectivity index (χ2n) is 5.10. The maximum Gasteiger partial charge on any atom is 0.227 e. The fraction of sp³-hybridized carbons (Fsp3) is 0.909. The molecule has 2 aliphatic rings. The Balaban J connectivity index is 1.87. The number of hydrogen-bond acceptors (Lipinski definition) is 3. The molecule has 0 amide bonds. The molecule has 1 N–H and O–H groups in total. The molecule has 0 radical (unpaired) electrons. The van der Waals surface area contributed by atoms with E-state index in [1.807, 2.05) is 0 Å². The van der Waals surface area contributed by atoms with Crippen molar-refractivity contribution in [1.82, 2.24) is 4.72 Å². The minimum absolute atomic E-state index is 0.499. The van der Waals surface area contributed by atoms with Gasteiger partial charge in [-0.3, -0.25) is 0 Å². The first kappa shape index (κ1) is 11.9. The lowest BCUT2D eigenvalue weighted by atomic mass is 9.89. The summed E-state index contributed by atoms with van der Waals surface area (Å²) in [6, 6.07) is 1.76. The molecule has 90 valence electrons. The summed E-state index contributed by atoms with van der Waals surface area (Å²) in [5, 5.41) is 7.65. The van der Waals surface area contributed by atoms with E-state index in [2.05, 4.69) is 4.72 Å². The molecule has 4 unspecified atom stereocenters. The van der Waals surface area contributed by atoms with Crippen LogP contribution < -0.4 is 4.72 Å². The predicted octanol–water partition coefficient (Wildman–Crippen LogP) is 1.25. The van der Waals surface area contributed by atoms with Crippen molar-refractivity contribution in [2.45, 2.75) is 37.9 Å². The predicted molar refractivity (Wildman–Crippen MR) is 60.9 cm³/mol. The van der Waals surface area contributed by atoms with Gasteiger partial charge < -0.3 is 0 Å². The van der Waals surface area contributed by atoms with Gasteiger partial charge in [0.25, 0.3) is 0 Å². The average Bonchev–Trinajstić information content (AvgIpc) is 2.86. The van der Waals surface area contributed by atoms with E-state index >= 15 is 0 Å². The van der Waals surface area contributed by atoms with Gasteiger partial charge in [-0.15, -0.1) is 0 Å². The van der Waals surface area contributed by atoms with Crippen LogP contribution in [0, 0.1) is 29.1 Å². The minimum Gasteiger partial charge on any atom is -0.214 e. The number of nitrogens with zero attached hydrogens (tertiary/aromatic N) is 1. The lowest BCUT2D eigenvalue weighted by Crippen LogP contribution is -2.36. The molecule has 2 aliphatic carbocycles. The first-order valence-corrected chi connectivity index (χ1v) is 7.45. The second kappa shape index (κ2) is 4.34. The van der Waals surface area contributed by atoms with E-state index in [9.17, 15) is 8.42 Å². The maximum absolute atomic E-state index is 11.6. The van der Waals surface area contributed by atoms with E-state index in [1.54, 1.807) is 6.07 Å². The minimum atomic E-state index is -3.43. The molecule has 0 aliphatic heterocycles. The molecule has 0 heterocycles. The van der Waals surface area contributed by atoms with Crippen LogP contribution in [0.3, 0.4) is 0 Å². The van der Waals surface area contributed by atoms with Crippen molar-refractivity contribution < 1.29 is 8.42 Å². The molecule has 0 aromatic rings. The van der Waals surface area contributed by atoms with Crippen molar-refractivity contribution in [2.75, 3.05) is 6.54 Å². The van der Waals surface area contributed by atoms with Crippen molar-refractivity contribution in [1.29, 1.82) is 5.26 Å². The van der Waals surface area contributed by atoms with Crippen LogP contribution in [0.15, 0.2) is 0 Å². The third-order valence-corrected chi connectivity index (χ3v) is 5.68. The first-order valence-electron chi connectivity index (χ1n) is 5.91. The van der Waals surface area contributed by atoms with Crippen LogP contribution in [0.1, 0.15) is 32.6 Å².